The fourth-order valence-electron chi connectivity index (χ4n) is 3.58. The van der Waals surface area contributed by atoms with Crippen LogP contribution in [0.1, 0.15) is 43.1 Å². The van der Waals surface area contributed by atoms with Crippen LogP contribution in [0.2, 0.25) is 0 Å². The van der Waals surface area contributed by atoms with E-state index in [0.29, 0.717) is 33.8 Å². The summed E-state index contributed by atoms with van der Waals surface area (Å²) in [5.74, 6) is 1.29. The summed E-state index contributed by atoms with van der Waals surface area (Å²) < 4.78 is 26.9. The second-order valence-electron chi connectivity index (χ2n) is 8.10. The SMILES string of the molecule is CC[C@H](C)c1nc2ccc(Br)cc2c(=O)n1N=Cc1cccc(OC)c1OCc1ccc(F)cc1. The number of fused-ring (bicyclic) bond motifs is 1. The van der Waals surface area contributed by atoms with Gasteiger partial charge in [-0.15, -0.1) is 0 Å². The highest BCUT2D eigenvalue weighted by Gasteiger charge is 2.16. The third-order valence-electron chi connectivity index (χ3n) is 5.72. The van der Waals surface area contributed by atoms with Gasteiger partial charge in [-0.2, -0.15) is 9.78 Å². The van der Waals surface area contributed by atoms with Crippen LogP contribution in [0.4, 0.5) is 4.39 Å². The molecule has 3 aromatic carbocycles. The molecule has 6 nitrogen and oxygen atoms in total. The molecule has 180 valence electrons. The molecule has 4 rings (SSSR count). The Morgan fingerprint density at radius 3 is 2.66 bits per heavy atom. The lowest BCUT2D eigenvalue weighted by atomic mass is 10.1. The van der Waals surface area contributed by atoms with Crippen LogP contribution in [0.15, 0.2) is 75.0 Å². The minimum Gasteiger partial charge on any atom is -0.493 e. The molecule has 0 spiro atoms. The molecular weight excluding hydrogens is 513 g/mol. The average molecular weight is 538 g/mol. The summed E-state index contributed by atoms with van der Waals surface area (Å²) in [4.78, 5) is 18.1. The van der Waals surface area contributed by atoms with E-state index in [1.165, 1.54) is 16.8 Å². The highest BCUT2D eigenvalue weighted by Crippen LogP contribution is 2.31. The molecule has 8 heteroatoms. The second kappa shape index (κ2) is 10.8. The highest BCUT2D eigenvalue weighted by atomic mass is 79.9. The number of para-hydroxylation sites is 1. The number of aromatic nitrogens is 2. The molecule has 0 aliphatic heterocycles. The molecule has 0 aliphatic rings. The van der Waals surface area contributed by atoms with Crippen molar-refractivity contribution in [3.8, 4) is 11.5 Å². The lowest BCUT2D eigenvalue weighted by Gasteiger charge is -2.15. The van der Waals surface area contributed by atoms with Gasteiger partial charge in [0.15, 0.2) is 11.5 Å². The van der Waals surface area contributed by atoms with Gasteiger partial charge in [-0.3, -0.25) is 4.79 Å². The van der Waals surface area contributed by atoms with Gasteiger partial charge in [-0.1, -0.05) is 48.0 Å². The van der Waals surface area contributed by atoms with Crippen LogP contribution in [0.3, 0.4) is 0 Å². The van der Waals surface area contributed by atoms with E-state index in [1.807, 2.05) is 38.1 Å². The molecule has 0 radical (unpaired) electrons. The number of hydrogen-bond donors (Lipinski definition) is 0. The van der Waals surface area contributed by atoms with E-state index in [1.54, 1.807) is 37.6 Å². The zero-order valence-corrected chi connectivity index (χ0v) is 21.3. The van der Waals surface area contributed by atoms with Gasteiger partial charge in [0.2, 0.25) is 0 Å². The second-order valence-corrected chi connectivity index (χ2v) is 9.01. The fraction of sp³-hybridized carbons (Fsp3) is 0.222. The van der Waals surface area contributed by atoms with E-state index in [0.717, 1.165) is 16.5 Å². The van der Waals surface area contributed by atoms with E-state index in [4.69, 9.17) is 14.5 Å². The van der Waals surface area contributed by atoms with Crippen LogP contribution in [0.5, 0.6) is 11.5 Å². The van der Waals surface area contributed by atoms with Gasteiger partial charge in [0.25, 0.3) is 5.56 Å². The van der Waals surface area contributed by atoms with Crippen molar-refractivity contribution in [2.24, 2.45) is 5.10 Å². The summed E-state index contributed by atoms with van der Waals surface area (Å²) in [5, 5.41) is 5.02. The molecule has 1 atom stereocenters. The maximum atomic E-state index is 13.4. The Morgan fingerprint density at radius 1 is 1.17 bits per heavy atom. The number of nitrogens with zero attached hydrogens (tertiary/aromatic N) is 3. The van der Waals surface area contributed by atoms with Crippen molar-refractivity contribution in [1.29, 1.82) is 0 Å². The fourth-order valence-corrected chi connectivity index (χ4v) is 3.95. The van der Waals surface area contributed by atoms with Crippen molar-refractivity contribution in [2.45, 2.75) is 32.8 Å². The standard InChI is InChI=1S/C27H25BrFN3O3/c1-4-17(2)26-31-23-13-10-20(28)14-22(23)27(33)32(26)30-15-19-6-5-7-24(34-3)25(19)35-16-18-8-11-21(29)12-9-18/h5-15,17H,4,16H2,1-3H3/t17-/m0/s1. The molecular formula is C27H25BrFN3O3. The zero-order chi connectivity index (χ0) is 24.9. The molecule has 1 aromatic heterocycles. The minimum atomic E-state index is -0.308. The van der Waals surface area contributed by atoms with Crippen LogP contribution in [0, 0.1) is 5.82 Å². The topological polar surface area (TPSA) is 65.7 Å². The summed E-state index contributed by atoms with van der Waals surface area (Å²) in [6.07, 6.45) is 2.37. The first kappa shape index (κ1) is 24.6. The zero-order valence-electron chi connectivity index (χ0n) is 19.7. The molecule has 0 amide bonds. The van der Waals surface area contributed by atoms with Crippen LogP contribution < -0.4 is 15.0 Å². The third-order valence-corrected chi connectivity index (χ3v) is 6.22. The van der Waals surface area contributed by atoms with Crippen LogP contribution in [-0.2, 0) is 6.61 Å². The highest BCUT2D eigenvalue weighted by molar-refractivity contribution is 9.10. The first-order chi connectivity index (χ1) is 16.9. The van der Waals surface area contributed by atoms with Crippen molar-refractivity contribution in [2.75, 3.05) is 7.11 Å². The Kier molecular flexibility index (Phi) is 7.60. The Labute approximate surface area is 211 Å². The Morgan fingerprint density at radius 2 is 1.94 bits per heavy atom. The summed E-state index contributed by atoms with van der Waals surface area (Å²) in [5.41, 5.74) is 1.81. The van der Waals surface area contributed by atoms with Gasteiger partial charge in [0.05, 0.1) is 24.2 Å². The maximum Gasteiger partial charge on any atom is 0.282 e. The van der Waals surface area contributed by atoms with Crippen LogP contribution >= 0.6 is 15.9 Å². The van der Waals surface area contributed by atoms with E-state index < -0.39 is 0 Å². The summed E-state index contributed by atoms with van der Waals surface area (Å²) in [6, 6.07) is 17.0. The molecule has 1 heterocycles. The van der Waals surface area contributed by atoms with Crippen molar-refractivity contribution < 1.29 is 13.9 Å². The molecule has 0 fully saturated rings. The molecule has 0 saturated heterocycles. The first-order valence-corrected chi connectivity index (χ1v) is 12.0. The Hall–Kier alpha value is -3.52. The number of halogens is 2. The summed E-state index contributed by atoms with van der Waals surface area (Å²) >= 11 is 3.43. The normalized spacial score (nSPS) is 12.3. The lowest BCUT2D eigenvalue weighted by molar-refractivity contribution is 0.284. The van der Waals surface area contributed by atoms with Crippen molar-refractivity contribution in [3.05, 3.63) is 98.3 Å². The summed E-state index contributed by atoms with van der Waals surface area (Å²) in [7, 11) is 1.55. The summed E-state index contributed by atoms with van der Waals surface area (Å²) in [6.45, 7) is 4.27. The van der Waals surface area contributed by atoms with Gasteiger partial charge in [0, 0.05) is 16.0 Å². The van der Waals surface area contributed by atoms with Crippen molar-refractivity contribution in [3.63, 3.8) is 0 Å². The monoisotopic (exact) mass is 537 g/mol. The van der Waals surface area contributed by atoms with Crippen LogP contribution in [0.25, 0.3) is 10.9 Å². The van der Waals surface area contributed by atoms with Gasteiger partial charge >= 0.3 is 0 Å². The third kappa shape index (κ3) is 5.43. The molecule has 4 aromatic rings. The van der Waals surface area contributed by atoms with Crippen LogP contribution in [-0.4, -0.2) is 23.0 Å². The average Bonchev–Trinajstić information content (AvgIpc) is 2.87. The number of methoxy groups -OCH3 is 1. The van der Waals surface area contributed by atoms with Gasteiger partial charge in [-0.25, -0.2) is 9.37 Å². The predicted molar refractivity (Wildman–Crippen MR) is 139 cm³/mol. The lowest BCUT2D eigenvalue weighted by Crippen LogP contribution is -2.23. The number of rotatable bonds is 8. The smallest absolute Gasteiger partial charge is 0.282 e. The quantitative estimate of drug-likeness (QED) is 0.248. The number of benzene rings is 3. The largest absolute Gasteiger partial charge is 0.493 e. The van der Waals surface area contributed by atoms with Crippen molar-refractivity contribution in [1.82, 2.24) is 9.66 Å². The molecule has 35 heavy (non-hydrogen) atoms. The Bertz CT molecular complexity index is 1430. The van der Waals surface area contributed by atoms with E-state index >= 15 is 0 Å². The molecule has 0 unspecified atom stereocenters. The van der Waals surface area contributed by atoms with Gasteiger partial charge in [-0.05, 0) is 54.4 Å². The van der Waals surface area contributed by atoms with E-state index in [-0.39, 0.29) is 23.9 Å². The predicted octanol–water partition coefficient (Wildman–Crippen LogP) is 6.28. The van der Waals surface area contributed by atoms with E-state index in [2.05, 4.69) is 21.0 Å². The Balaban J connectivity index is 1.76. The molecule has 0 aliphatic carbocycles. The first-order valence-electron chi connectivity index (χ1n) is 11.2. The van der Waals surface area contributed by atoms with Gasteiger partial charge < -0.3 is 9.47 Å². The molecule has 0 N–H and O–H groups in total. The van der Waals surface area contributed by atoms with Gasteiger partial charge in [0.1, 0.15) is 18.2 Å². The maximum absolute atomic E-state index is 13.4. The minimum absolute atomic E-state index is 0.0207. The molecule has 0 bridgehead atoms. The number of hydrogen-bond acceptors (Lipinski definition) is 5. The number of ether oxygens (including phenoxy) is 2. The van der Waals surface area contributed by atoms with Crippen molar-refractivity contribution >= 4 is 33.0 Å². The van der Waals surface area contributed by atoms with E-state index in [9.17, 15) is 9.18 Å². The molecule has 0 saturated carbocycles.